The first-order chi connectivity index (χ1) is 14.0. The van der Waals surface area contributed by atoms with Crippen LogP contribution in [0.2, 0.25) is 0 Å². The minimum absolute atomic E-state index is 0.107. The molecule has 1 saturated heterocycles. The summed E-state index contributed by atoms with van der Waals surface area (Å²) in [5.74, 6) is 0.0305. The number of ether oxygens (including phenoxy) is 1. The highest BCUT2D eigenvalue weighted by molar-refractivity contribution is 8.15. The SMILES string of the molecule is CNC(=O)[C@@H]1CC(=O)N(CCc2ccc(OC)cc2)C(=Nc2ccc(F)cc2)S1. The molecule has 0 saturated carbocycles. The minimum Gasteiger partial charge on any atom is -0.497 e. The topological polar surface area (TPSA) is 71.0 Å². The highest BCUT2D eigenvalue weighted by Crippen LogP contribution is 2.29. The lowest BCUT2D eigenvalue weighted by Crippen LogP contribution is -2.46. The van der Waals surface area contributed by atoms with E-state index in [-0.39, 0.29) is 24.1 Å². The number of halogens is 1. The average molecular weight is 415 g/mol. The van der Waals surface area contributed by atoms with Gasteiger partial charge in [0.05, 0.1) is 18.0 Å². The van der Waals surface area contributed by atoms with Crippen molar-refractivity contribution in [1.82, 2.24) is 10.2 Å². The second-order valence-electron chi connectivity index (χ2n) is 6.44. The van der Waals surface area contributed by atoms with Gasteiger partial charge < -0.3 is 10.1 Å². The van der Waals surface area contributed by atoms with Crippen LogP contribution in [-0.2, 0) is 16.0 Å². The van der Waals surface area contributed by atoms with E-state index in [2.05, 4.69) is 10.3 Å². The maximum Gasteiger partial charge on any atom is 0.233 e. The minimum atomic E-state index is -0.538. The molecule has 2 aromatic rings. The van der Waals surface area contributed by atoms with E-state index in [9.17, 15) is 14.0 Å². The highest BCUT2D eigenvalue weighted by Gasteiger charge is 2.35. The molecule has 3 rings (SSSR count). The predicted molar refractivity (Wildman–Crippen MR) is 112 cm³/mol. The van der Waals surface area contributed by atoms with Gasteiger partial charge in [-0.1, -0.05) is 23.9 Å². The number of nitrogens with one attached hydrogen (secondary N) is 1. The molecule has 2 amide bonds. The van der Waals surface area contributed by atoms with Crippen molar-refractivity contribution in [1.29, 1.82) is 0 Å². The molecule has 1 aliphatic heterocycles. The van der Waals surface area contributed by atoms with Crippen LogP contribution < -0.4 is 10.1 Å². The Labute approximate surface area is 173 Å². The Balaban J connectivity index is 1.81. The third kappa shape index (κ3) is 5.35. The molecule has 1 fully saturated rings. The van der Waals surface area contributed by atoms with Gasteiger partial charge in [-0.25, -0.2) is 9.38 Å². The molecular weight excluding hydrogens is 393 g/mol. The van der Waals surface area contributed by atoms with Crippen molar-refractivity contribution in [2.45, 2.75) is 18.1 Å². The van der Waals surface area contributed by atoms with Crippen LogP contribution in [0.25, 0.3) is 0 Å². The summed E-state index contributed by atoms with van der Waals surface area (Å²) in [5.41, 5.74) is 1.58. The molecule has 0 radical (unpaired) electrons. The number of thioether (sulfide) groups is 1. The number of hydrogen-bond donors (Lipinski definition) is 1. The van der Waals surface area contributed by atoms with Crippen LogP contribution >= 0.6 is 11.8 Å². The number of amidine groups is 1. The third-order valence-electron chi connectivity index (χ3n) is 4.51. The first-order valence-corrected chi connectivity index (χ1v) is 10.0. The van der Waals surface area contributed by atoms with E-state index in [0.29, 0.717) is 23.8 Å². The van der Waals surface area contributed by atoms with E-state index in [1.807, 2.05) is 24.3 Å². The first kappa shape index (κ1) is 20.9. The largest absolute Gasteiger partial charge is 0.497 e. The summed E-state index contributed by atoms with van der Waals surface area (Å²) in [7, 11) is 3.15. The van der Waals surface area contributed by atoms with Gasteiger partial charge in [-0.2, -0.15) is 0 Å². The number of carbonyl (C=O) groups is 2. The predicted octanol–water partition coefficient (Wildman–Crippen LogP) is 3.14. The van der Waals surface area contributed by atoms with E-state index in [0.717, 1.165) is 11.3 Å². The Morgan fingerprint density at radius 2 is 1.93 bits per heavy atom. The van der Waals surface area contributed by atoms with Gasteiger partial charge >= 0.3 is 0 Å². The number of methoxy groups -OCH3 is 1. The molecule has 1 aliphatic rings. The van der Waals surface area contributed by atoms with Gasteiger partial charge in [-0.05, 0) is 48.4 Å². The van der Waals surface area contributed by atoms with Crippen LogP contribution in [0, 0.1) is 5.82 Å². The fraction of sp³-hybridized carbons (Fsp3) is 0.286. The van der Waals surface area contributed by atoms with E-state index < -0.39 is 5.25 Å². The number of hydrogen-bond acceptors (Lipinski definition) is 5. The molecule has 1 atom stereocenters. The second-order valence-corrected chi connectivity index (χ2v) is 7.61. The number of rotatable bonds is 6. The van der Waals surface area contributed by atoms with Gasteiger partial charge in [0.2, 0.25) is 11.8 Å². The van der Waals surface area contributed by atoms with Crippen molar-refractivity contribution < 1.29 is 18.7 Å². The molecular formula is C21H22FN3O3S. The van der Waals surface area contributed by atoms with E-state index in [1.165, 1.54) is 23.9 Å². The lowest BCUT2D eigenvalue weighted by atomic mass is 10.1. The molecule has 1 N–H and O–H groups in total. The van der Waals surface area contributed by atoms with Crippen LogP contribution in [0.5, 0.6) is 5.75 Å². The van der Waals surface area contributed by atoms with Gasteiger partial charge in [0, 0.05) is 20.0 Å². The summed E-state index contributed by atoms with van der Waals surface area (Å²) in [4.78, 5) is 31.0. The molecule has 8 heteroatoms. The lowest BCUT2D eigenvalue weighted by molar-refractivity contribution is -0.130. The second kappa shape index (κ2) is 9.56. The number of nitrogens with zero attached hydrogens (tertiary/aromatic N) is 2. The normalized spacial score (nSPS) is 18.0. The highest BCUT2D eigenvalue weighted by atomic mass is 32.2. The molecule has 6 nitrogen and oxygen atoms in total. The van der Waals surface area contributed by atoms with E-state index in [4.69, 9.17) is 4.74 Å². The van der Waals surface area contributed by atoms with Crippen molar-refractivity contribution in [3.05, 3.63) is 59.9 Å². The third-order valence-corrected chi connectivity index (χ3v) is 5.70. The van der Waals surface area contributed by atoms with Gasteiger partial charge in [-0.15, -0.1) is 0 Å². The van der Waals surface area contributed by atoms with Crippen molar-refractivity contribution in [2.24, 2.45) is 4.99 Å². The summed E-state index contributed by atoms with van der Waals surface area (Å²) in [5, 5.41) is 2.49. The summed E-state index contributed by atoms with van der Waals surface area (Å²) in [6.07, 6.45) is 0.735. The molecule has 29 heavy (non-hydrogen) atoms. The standard InChI is InChI=1S/C21H22FN3O3S/c1-23-20(27)18-13-19(26)25(12-11-14-3-9-17(28-2)10-4-14)21(29-18)24-16-7-5-15(22)6-8-16/h3-10,18H,11-13H2,1-2H3,(H,23,27)/t18-/m0/s1. The zero-order chi connectivity index (χ0) is 20.8. The maximum absolute atomic E-state index is 13.2. The van der Waals surface area contributed by atoms with E-state index in [1.54, 1.807) is 31.2 Å². The van der Waals surface area contributed by atoms with Crippen molar-refractivity contribution in [3.8, 4) is 5.75 Å². The summed E-state index contributed by atoms with van der Waals surface area (Å²) < 4.78 is 18.4. The number of carbonyl (C=O) groups excluding carboxylic acids is 2. The maximum atomic E-state index is 13.2. The molecule has 152 valence electrons. The Morgan fingerprint density at radius 3 is 2.55 bits per heavy atom. The summed E-state index contributed by atoms with van der Waals surface area (Å²) in [6, 6.07) is 13.3. The zero-order valence-corrected chi connectivity index (χ0v) is 17.0. The van der Waals surface area contributed by atoms with Crippen molar-refractivity contribution in [3.63, 3.8) is 0 Å². The molecule has 0 aromatic heterocycles. The molecule has 0 bridgehead atoms. The lowest BCUT2D eigenvalue weighted by Gasteiger charge is -2.31. The van der Waals surface area contributed by atoms with Crippen LogP contribution in [0.1, 0.15) is 12.0 Å². The number of benzene rings is 2. The molecule has 0 unspecified atom stereocenters. The van der Waals surface area contributed by atoms with E-state index >= 15 is 0 Å². The monoisotopic (exact) mass is 415 g/mol. The number of aliphatic imine (C=N–C) groups is 1. The van der Waals surface area contributed by atoms with Gasteiger partial charge in [0.15, 0.2) is 5.17 Å². The van der Waals surface area contributed by atoms with Crippen molar-refractivity contribution >= 4 is 34.4 Å². The molecule has 0 spiro atoms. The Bertz CT molecular complexity index is 900. The van der Waals surface area contributed by atoms with Gasteiger partial charge in [0.25, 0.3) is 0 Å². The summed E-state index contributed by atoms with van der Waals surface area (Å²) in [6.45, 7) is 0.429. The van der Waals surface area contributed by atoms with Crippen LogP contribution in [-0.4, -0.2) is 47.8 Å². The molecule has 0 aliphatic carbocycles. The molecule has 2 aromatic carbocycles. The fourth-order valence-electron chi connectivity index (χ4n) is 2.88. The Hall–Kier alpha value is -2.87. The Morgan fingerprint density at radius 1 is 1.24 bits per heavy atom. The smallest absolute Gasteiger partial charge is 0.233 e. The quantitative estimate of drug-likeness (QED) is 0.787. The summed E-state index contributed by atoms with van der Waals surface area (Å²) >= 11 is 1.25. The molecule has 1 heterocycles. The Kier molecular flexibility index (Phi) is 6.87. The fourth-order valence-corrected chi connectivity index (χ4v) is 4.07. The average Bonchev–Trinajstić information content (AvgIpc) is 2.74. The zero-order valence-electron chi connectivity index (χ0n) is 16.2. The van der Waals surface area contributed by atoms with Gasteiger partial charge in [0.1, 0.15) is 11.6 Å². The first-order valence-electron chi connectivity index (χ1n) is 9.16. The van der Waals surface area contributed by atoms with Crippen molar-refractivity contribution in [2.75, 3.05) is 20.7 Å². The van der Waals surface area contributed by atoms with Gasteiger partial charge in [-0.3, -0.25) is 14.5 Å². The van der Waals surface area contributed by atoms with Crippen LogP contribution in [0.15, 0.2) is 53.5 Å². The number of amides is 2. The van der Waals surface area contributed by atoms with Crippen LogP contribution in [0.3, 0.4) is 0 Å². The van der Waals surface area contributed by atoms with Crippen LogP contribution in [0.4, 0.5) is 10.1 Å².